The lowest BCUT2D eigenvalue weighted by molar-refractivity contribution is -0.126. The average molecular weight is 537 g/mol. The first kappa shape index (κ1) is 34.8. The number of piperidine rings is 1. The molecular weight excluding hydrogens is 484 g/mol. The minimum atomic E-state index is 0.375. The fraction of sp³-hybridized carbons (Fsp3) is 0.690. The zero-order valence-corrected chi connectivity index (χ0v) is 25.4. The Morgan fingerprint density at radius 3 is 2.19 bits per heavy atom. The largest absolute Gasteiger partial charge is 0.471 e. The highest BCUT2D eigenvalue weighted by atomic mass is 32.1. The topological polar surface area (TPSA) is 76.5 Å². The first-order valence-corrected chi connectivity index (χ1v) is 14.8. The van der Waals surface area contributed by atoms with Crippen molar-refractivity contribution in [2.75, 3.05) is 32.1 Å². The highest BCUT2D eigenvalue weighted by Crippen LogP contribution is 2.25. The van der Waals surface area contributed by atoms with Gasteiger partial charge in [0.1, 0.15) is 0 Å². The molecule has 4 rings (SSSR count). The molecule has 1 aliphatic carbocycles. The fourth-order valence-electron chi connectivity index (χ4n) is 4.24. The molecule has 1 N–H and O–H groups in total. The SMILES string of the molecule is CC.CC.CNC1CCC(C)CC1.COC=O.Cc1cc(C=O)n(Cc2csc(N3CCCCC3)n2)c1. The van der Waals surface area contributed by atoms with Gasteiger partial charge < -0.3 is 19.5 Å². The quantitative estimate of drug-likeness (QED) is 0.413. The molecule has 0 bridgehead atoms. The first-order chi connectivity index (χ1) is 18.0. The predicted molar refractivity (Wildman–Crippen MR) is 158 cm³/mol. The summed E-state index contributed by atoms with van der Waals surface area (Å²) in [6, 6.07) is 2.73. The Morgan fingerprint density at radius 2 is 1.68 bits per heavy atom. The van der Waals surface area contributed by atoms with Gasteiger partial charge in [-0.05, 0) is 76.5 Å². The molecule has 0 amide bonds. The van der Waals surface area contributed by atoms with E-state index in [0.717, 1.165) is 53.4 Å². The number of hydrogen-bond donors (Lipinski definition) is 1. The van der Waals surface area contributed by atoms with Gasteiger partial charge in [-0.25, -0.2) is 4.98 Å². The van der Waals surface area contributed by atoms with Crippen molar-refractivity contribution < 1.29 is 14.3 Å². The third kappa shape index (κ3) is 13.8. The van der Waals surface area contributed by atoms with E-state index in [4.69, 9.17) is 9.78 Å². The molecule has 1 saturated heterocycles. The summed E-state index contributed by atoms with van der Waals surface area (Å²) in [5, 5.41) is 6.55. The number of aldehydes is 1. The summed E-state index contributed by atoms with van der Waals surface area (Å²) in [5.41, 5.74) is 2.86. The number of rotatable bonds is 6. The Bertz CT molecular complexity index is 823. The molecule has 0 unspecified atom stereocenters. The van der Waals surface area contributed by atoms with Crippen LogP contribution in [0.4, 0.5) is 5.13 Å². The molecule has 0 aromatic carbocycles. The van der Waals surface area contributed by atoms with Crippen LogP contribution in [0, 0.1) is 12.8 Å². The second kappa shape index (κ2) is 21.9. The van der Waals surface area contributed by atoms with Crippen molar-refractivity contribution in [3.63, 3.8) is 0 Å². The van der Waals surface area contributed by atoms with Gasteiger partial charge in [0.05, 0.1) is 25.0 Å². The van der Waals surface area contributed by atoms with Crippen LogP contribution >= 0.6 is 11.3 Å². The Morgan fingerprint density at radius 1 is 1.08 bits per heavy atom. The second-order valence-electron chi connectivity index (χ2n) is 8.93. The summed E-state index contributed by atoms with van der Waals surface area (Å²) < 4.78 is 5.83. The maximum atomic E-state index is 11.0. The third-order valence-corrected chi connectivity index (χ3v) is 7.16. The monoisotopic (exact) mass is 536 g/mol. The van der Waals surface area contributed by atoms with Crippen molar-refractivity contribution in [2.24, 2.45) is 5.92 Å². The lowest BCUT2D eigenvalue weighted by atomic mass is 9.87. The second-order valence-corrected chi connectivity index (χ2v) is 9.77. The first-order valence-electron chi connectivity index (χ1n) is 14.0. The summed E-state index contributed by atoms with van der Waals surface area (Å²) in [4.78, 5) is 27.1. The number of aromatic nitrogens is 2. The number of ether oxygens (including phenoxy) is 1. The minimum absolute atomic E-state index is 0.375. The van der Waals surface area contributed by atoms with Gasteiger partial charge in [-0.3, -0.25) is 9.59 Å². The van der Waals surface area contributed by atoms with Gasteiger partial charge >= 0.3 is 0 Å². The number of thiazole rings is 1. The molecule has 2 aliphatic rings. The molecule has 37 heavy (non-hydrogen) atoms. The predicted octanol–water partition coefficient (Wildman–Crippen LogP) is 6.73. The smallest absolute Gasteiger partial charge is 0.292 e. The number of nitrogens with zero attached hydrogens (tertiary/aromatic N) is 3. The standard InChI is InChI=1S/C15H19N3OS.C8H17N.C2H4O2.2C2H6/c1-12-7-14(10-19)18(8-12)9-13-11-20-15(16-13)17-5-3-2-4-6-17;1-7-3-5-8(9-2)6-4-7;1-4-2-3;2*1-2/h7-8,10-11H,2-6,9H2,1H3;7-9H,3-6H2,1-2H3;2H,1H3;2*1-2H3. The average Bonchev–Trinajstić information content (AvgIpc) is 3.58. The number of aryl methyl sites for hydroxylation is 1. The Hall–Kier alpha value is -2.19. The van der Waals surface area contributed by atoms with Crippen LogP contribution in [0.2, 0.25) is 0 Å². The van der Waals surface area contributed by atoms with Crippen molar-refractivity contribution in [1.29, 1.82) is 0 Å². The van der Waals surface area contributed by atoms with E-state index in [1.54, 1.807) is 11.3 Å². The van der Waals surface area contributed by atoms with Crippen molar-refractivity contribution in [2.45, 2.75) is 99.1 Å². The van der Waals surface area contributed by atoms with Crippen molar-refractivity contribution in [1.82, 2.24) is 14.9 Å². The number of anilines is 1. The zero-order chi connectivity index (χ0) is 28.1. The van der Waals surface area contributed by atoms with Crippen LogP contribution in [0.25, 0.3) is 0 Å². The van der Waals surface area contributed by atoms with Gasteiger partial charge in [-0.1, -0.05) is 34.6 Å². The number of nitrogens with one attached hydrogen (secondary N) is 1. The molecule has 3 heterocycles. The zero-order valence-electron chi connectivity index (χ0n) is 24.6. The van der Waals surface area contributed by atoms with E-state index in [9.17, 15) is 4.79 Å². The molecule has 2 fully saturated rings. The summed E-state index contributed by atoms with van der Waals surface area (Å²) in [6.07, 6.45) is 12.4. The molecule has 2 aromatic heterocycles. The lowest BCUT2D eigenvalue weighted by Crippen LogP contribution is -2.29. The van der Waals surface area contributed by atoms with Gasteiger partial charge in [-0.15, -0.1) is 11.3 Å². The summed E-state index contributed by atoms with van der Waals surface area (Å²) in [7, 11) is 3.38. The summed E-state index contributed by atoms with van der Waals surface area (Å²) in [5.74, 6) is 0.981. The Labute approximate surface area is 230 Å². The molecular formula is C29H52N4O3S. The minimum Gasteiger partial charge on any atom is -0.471 e. The highest BCUT2D eigenvalue weighted by molar-refractivity contribution is 7.13. The molecule has 7 nitrogen and oxygen atoms in total. The van der Waals surface area contributed by atoms with Crippen LogP contribution in [0.3, 0.4) is 0 Å². The van der Waals surface area contributed by atoms with Gasteiger partial charge in [-0.2, -0.15) is 0 Å². The van der Waals surface area contributed by atoms with Crippen LogP contribution in [-0.2, 0) is 16.1 Å². The van der Waals surface area contributed by atoms with Gasteiger partial charge in [0, 0.05) is 30.7 Å². The number of methoxy groups -OCH3 is 1. The van der Waals surface area contributed by atoms with E-state index in [-0.39, 0.29) is 0 Å². The van der Waals surface area contributed by atoms with Crippen LogP contribution in [0.1, 0.15) is 101 Å². The Kier molecular flexibility index (Phi) is 20.6. The molecule has 8 heteroatoms. The van der Waals surface area contributed by atoms with Crippen molar-refractivity contribution in [3.8, 4) is 0 Å². The van der Waals surface area contributed by atoms with Crippen LogP contribution < -0.4 is 10.2 Å². The van der Waals surface area contributed by atoms with E-state index in [1.807, 2.05) is 51.4 Å². The van der Waals surface area contributed by atoms with Crippen LogP contribution in [0.15, 0.2) is 17.6 Å². The molecule has 1 saturated carbocycles. The Balaban J connectivity index is 0.000000635. The van der Waals surface area contributed by atoms with Gasteiger partial charge in [0.25, 0.3) is 6.47 Å². The van der Waals surface area contributed by atoms with E-state index >= 15 is 0 Å². The van der Waals surface area contributed by atoms with Crippen LogP contribution in [-0.4, -0.2) is 55.6 Å². The normalized spacial score (nSPS) is 18.2. The fourth-order valence-corrected chi connectivity index (χ4v) is 5.11. The van der Waals surface area contributed by atoms with E-state index in [1.165, 1.54) is 52.1 Å². The molecule has 0 spiro atoms. The number of carbonyl (C=O) groups is 2. The van der Waals surface area contributed by atoms with Crippen LogP contribution in [0.5, 0.6) is 0 Å². The summed E-state index contributed by atoms with van der Waals surface area (Å²) >= 11 is 1.71. The van der Waals surface area contributed by atoms with E-state index < -0.39 is 0 Å². The maximum absolute atomic E-state index is 11.0. The lowest BCUT2D eigenvalue weighted by Gasteiger charge is -2.25. The van der Waals surface area contributed by atoms with Gasteiger partial charge in [0.15, 0.2) is 11.4 Å². The number of carbonyl (C=O) groups excluding carboxylic acids is 2. The van der Waals surface area contributed by atoms with Gasteiger partial charge in [0.2, 0.25) is 0 Å². The third-order valence-electron chi connectivity index (χ3n) is 6.21. The van der Waals surface area contributed by atoms with Crippen molar-refractivity contribution in [3.05, 3.63) is 34.6 Å². The molecule has 0 radical (unpaired) electrons. The molecule has 0 atom stereocenters. The van der Waals surface area contributed by atoms with E-state index in [2.05, 4.69) is 34.3 Å². The van der Waals surface area contributed by atoms with Crippen molar-refractivity contribution >= 4 is 29.2 Å². The summed E-state index contributed by atoms with van der Waals surface area (Å²) in [6.45, 7) is 15.6. The van der Waals surface area contributed by atoms with E-state index in [0.29, 0.717) is 13.0 Å². The molecule has 212 valence electrons. The maximum Gasteiger partial charge on any atom is 0.292 e. The highest BCUT2D eigenvalue weighted by Gasteiger charge is 2.16. The number of hydrogen-bond acceptors (Lipinski definition) is 7. The molecule has 2 aromatic rings. The molecule has 1 aliphatic heterocycles.